The molecule has 0 unspecified atom stereocenters. The Morgan fingerprint density at radius 1 is 1.77 bits per heavy atom. The fourth-order valence-corrected chi connectivity index (χ4v) is 1.23. The van der Waals surface area contributed by atoms with Crippen LogP contribution in [0.1, 0.15) is 23.0 Å². The highest BCUT2D eigenvalue weighted by Gasteiger charge is 2.10. The summed E-state index contributed by atoms with van der Waals surface area (Å²) in [6, 6.07) is 1.70. The molecule has 1 N–H and O–H groups in total. The predicted molar refractivity (Wildman–Crippen MR) is 51.0 cm³/mol. The van der Waals surface area contributed by atoms with E-state index in [-0.39, 0.29) is 0 Å². The first kappa shape index (κ1) is 9.58. The zero-order valence-electron chi connectivity index (χ0n) is 7.66. The van der Waals surface area contributed by atoms with Crippen LogP contribution < -0.4 is 0 Å². The molecule has 0 spiro atoms. The molecule has 0 aromatic carbocycles. The van der Waals surface area contributed by atoms with Gasteiger partial charge >= 0.3 is 5.97 Å². The maximum absolute atomic E-state index is 10.8. The summed E-state index contributed by atoms with van der Waals surface area (Å²) in [4.78, 5) is 10.8. The Morgan fingerprint density at radius 2 is 2.46 bits per heavy atom. The van der Waals surface area contributed by atoms with Crippen LogP contribution in [0.3, 0.4) is 0 Å². The minimum Gasteiger partial charge on any atom is -0.477 e. The summed E-state index contributed by atoms with van der Waals surface area (Å²) in [6.45, 7) is 6.12. The van der Waals surface area contributed by atoms with Gasteiger partial charge in [0.05, 0.1) is 0 Å². The van der Waals surface area contributed by atoms with Gasteiger partial charge in [0, 0.05) is 12.7 Å². The summed E-state index contributed by atoms with van der Waals surface area (Å²) < 4.78 is 1.69. The number of aromatic carboxylic acids is 1. The van der Waals surface area contributed by atoms with Gasteiger partial charge in [0.2, 0.25) is 0 Å². The fourth-order valence-electron chi connectivity index (χ4n) is 1.23. The lowest BCUT2D eigenvalue weighted by atomic mass is 10.2. The molecular weight excluding hydrogens is 166 g/mol. The Bertz CT molecular complexity index is 326. The third-order valence-electron chi connectivity index (χ3n) is 1.91. The lowest BCUT2D eigenvalue weighted by molar-refractivity contribution is 0.0686. The minimum absolute atomic E-state index is 0.330. The number of hydrogen-bond donors (Lipinski definition) is 1. The largest absolute Gasteiger partial charge is 0.477 e. The van der Waals surface area contributed by atoms with Crippen LogP contribution in [0.15, 0.2) is 24.9 Å². The van der Waals surface area contributed by atoms with Crippen molar-refractivity contribution in [1.82, 2.24) is 4.57 Å². The van der Waals surface area contributed by atoms with Gasteiger partial charge in [-0.2, -0.15) is 0 Å². The number of carboxylic acids is 1. The van der Waals surface area contributed by atoms with Gasteiger partial charge in [-0.25, -0.2) is 4.79 Å². The molecule has 1 aromatic heterocycles. The topological polar surface area (TPSA) is 42.2 Å². The molecule has 3 heteroatoms. The van der Waals surface area contributed by atoms with Crippen molar-refractivity contribution in [3.63, 3.8) is 0 Å². The molecule has 0 amide bonds. The second-order valence-electron chi connectivity index (χ2n) is 2.83. The molecule has 0 saturated heterocycles. The molecule has 3 nitrogen and oxygen atoms in total. The zero-order valence-corrected chi connectivity index (χ0v) is 7.66. The smallest absolute Gasteiger partial charge is 0.352 e. The van der Waals surface area contributed by atoms with Crippen LogP contribution in [0.5, 0.6) is 0 Å². The van der Waals surface area contributed by atoms with E-state index >= 15 is 0 Å². The van der Waals surface area contributed by atoms with Crippen molar-refractivity contribution in [3.8, 4) is 0 Å². The number of aromatic nitrogens is 1. The third kappa shape index (κ3) is 1.99. The third-order valence-corrected chi connectivity index (χ3v) is 1.91. The first-order valence-corrected chi connectivity index (χ1v) is 4.22. The van der Waals surface area contributed by atoms with Crippen molar-refractivity contribution in [3.05, 3.63) is 36.2 Å². The highest BCUT2D eigenvalue weighted by molar-refractivity contribution is 5.86. The summed E-state index contributed by atoms with van der Waals surface area (Å²) in [5, 5.41) is 8.85. The van der Waals surface area contributed by atoms with Crippen molar-refractivity contribution in [2.24, 2.45) is 0 Å². The molecule has 13 heavy (non-hydrogen) atoms. The maximum atomic E-state index is 10.8. The number of hydrogen-bond acceptors (Lipinski definition) is 1. The van der Waals surface area contributed by atoms with E-state index in [9.17, 15) is 4.79 Å². The lowest BCUT2D eigenvalue weighted by Crippen LogP contribution is -2.06. The maximum Gasteiger partial charge on any atom is 0.352 e. The van der Waals surface area contributed by atoms with Crippen molar-refractivity contribution in [1.29, 1.82) is 0 Å². The van der Waals surface area contributed by atoms with E-state index in [1.165, 1.54) is 0 Å². The van der Waals surface area contributed by atoms with Gasteiger partial charge in [-0.1, -0.05) is 13.0 Å². The summed E-state index contributed by atoms with van der Waals surface area (Å²) in [6.07, 6.45) is 4.39. The molecule has 0 radical (unpaired) electrons. The molecular formula is C10H13NO2. The predicted octanol–water partition coefficient (Wildman–Crippen LogP) is 1.93. The Hall–Kier alpha value is -1.51. The standard InChI is InChI=1S/C10H13NO2/c1-3-5-11-7-8(4-2)6-9(11)10(12)13/h3,6-7H,1,4-5H2,2H3,(H,12,13). The molecule has 0 aliphatic rings. The molecule has 1 heterocycles. The molecule has 0 atom stereocenters. The van der Waals surface area contributed by atoms with E-state index < -0.39 is 5.97 Å². The van der Waals surface area contributed by atoms with Crippen molar-refractivity contribution in [2.75, 3.05) is 0 Å². The molecule has 0 aliphatic heterocycles. The number of carbonyl (C=O) groups is 1. The van der Waals surface area contributed by atoms with Gasteiger partial charge in [-0.15, -0.1) is 6.58 Å². The lowest BCUT2D eigenvalue weighted by Gasteiger charge is -2.00. The Balaban J connectivity index is 3.06. The van der Waals surface area contributed by atoms with Crippen LogP contribution in [0, 0.1) is 0 Å². The second kappa shape index (κ2) is 3.94. The molecule has 1 rings (SSSR count). The molecule has 1 aromatic rings. The Kier molecular flexibility index (Phi) is 2.90. The zero-order chi connectivity index (χ0) is 9.84. The van der Waals surface area contributed by atoms with Crippen LogP contribution in [0.2, 0.25) is 0 Å². The first-order chi connectivity index (χ1) is 6.19. The summed E-state index contributed by atoms with van der Waals surface area (Å²) >= 11 is 0. The highest BCUT2D eigenvalue weighted by atomic mass is 16.4. The van der Waals surface area contributed by atoms with Crippen LogP contribution in [0.4, 0.5) is 0 Å². The number of rotatable bonds is 4. The van der Waals surface area contributed by atoms with E-state index in [2.05, 4.69) is 6.58 Å². The van der Waals surface area contributed by atoms with Crippen molar-refractivity contribution >= 4 is 5.97 Å². The normalized spacial score (nSPS) is 9.92. The van der Waals surface area contributed by atoms with Crippen LogP contribution in [-0.4, -0.2) is 15.6 Å². The van der Waals surface area contributed by atoms with Crippen LogP contribution in [-0.2, 0) is 13.0 Å². The van der Waals surface area contributed by atoms with Gasteiger partial charge in [-0.05, 0) is 18.1 Å². The van der Waals surface area contributed by atoms with E-state index in [0.717, 1.165) is 12.0 Å². The van der Waals surface area contributed by atoms with Gasteiger partial charge in [0.15, 0.2) is 0 Å². The van der Waals surface area contributed by atoms with E-state index in [1.807, 2.05) is 13.1 Å². The second-order valence-corrected chi connectivity index (χ2v) is 2.83. The average Bonchev–Trinajstić information content (AvgIpc) is 2.48. The summed E-state index contributed by atoms with van der Waals surface area (Å²) in [7, 11) is 0. The number of nitrogens with zero attached hydrogens (tertiary/aromatic N) is 1. The highest BCUT2D eigenvalue weighted by Crippen LogP contribution is 2.09. The number of carboxylic acid groups (broad SMARTS) is 1. The monoisotopic (exact) mass is 179 g/mol. The Labute approximate surface area is 77.3 Å². The number of aryl methyl sites for hydroxylation is 1. The van der Waals surface area contributed by atoms with Crippen molar-refractivity contribution < 1.29 is 9.90 Å². The summed E-state index contributed by atoms with van der Waals surface area (Å²) in [5.41, 5.74) is 1.37. The minimum atomic E-state index is -0.887. The van der Waals surface area contributed by atoms with Gasteiger partial charge in [0.25, 0.3) is 0 Å². The summed E-state index contributed by atoms with van der Waals surface area (Å²) in [5.74, 6) is -0.887. The molecule has 0 fully saturated rings. The van der Waals surface area contributed by atoms with Crippen LogP contribution >= 0.6 is 0 Å². The molecule has 0 bridgehead atoms. The van der Waals surface area contributed by atoms with Gasteiger partial charge < -0.3 is 9.67 Å². The average molecular weight is 179 g/mol. The number of allylic oxidation sites excluding steroid dienone is 1. The van der Waals surface area contributed by atoms with Gasteiger partial charge in [-0.3, -0.25) is 0 Å². The van der Waals surface area contributed by atoms with Crippen LogP contribution in [0.25, 0.3) is 0 Å². The first-order valence-electron chi connectivity index (χ1n) is 4.22. The quantitative estimate of drug-likeness (QED) is 0.717. The van der Waals surface area contributed by atoms with E-state index in [4.69, 9.17) is 5.11 Å². The van der Waals surface area contributed by atoms with Gasteiger partial charge in [0.1, 0.15) is 5.69 Å². The molecule has 0 aliphatic carbocycles. The van der Waals surface area contributed by atoms with E-state index in [1.54, 1.807) is 16.7 Å². The molecule has 0 saturated carbocycles. The molecule has 70 valence electrons. The Morgan fingerprint density at radius 3 is 2.92 bits per heavy atom. The fraction of sp³-hybridized carbons (Fsp3) is 0.300. The van der Waals surface area contributed by atoms with E-state index in [0.29, 0.717) is 12.2 Å². The van der Waals surface area contributed by atoms with Crippen molar-refractivity contribution in [2.45, 2.75) is 19.9 Å². The SMILES string of the molecule is C=CCn1cc(CC)cc1C(=O)O.